The number of rotatable bonds is 4. The van der Waals surface area contributed by atoms with E-state index in [-0.39, 0.29) is 11.7 Å². The van der Waals surface area contributed by atoms with Crippen LogP contribution in [0.1, 0.15) is 24.8 Å². The number of carbonyl (C=O) groups excluding carboxylic acids is 1. The van der Waals surface area contributed by atoms with Crippen LogP contribution in [0.2, 0.25) is 0 Å². The number of nitrogens with zero attached hydrogens (tertiary/aromatic N) is 1. The summed E-state index contributed by atoms with van der Waals surface area (Å²) < 4.78 is 12.7. The van der Waals surface area contributed by atoms with E-state index < -0.39 is 0 Å². The Morgan fingerprint density at radius 2 is 2.16 bits per heavy atom. The molecule has 0 spiro atoms. The molecule has 1 unspecified atom stereocenters. The van der Waals surface area contributed by atoms with Crippen LogP contribution in [0.3, 0.4) is 0 Å². The third-order valence-electron chi connectivity index (χ3n) is 3.60. The molecule has 0 bridgehead atoms. The largest absolute Gasteiger partial charge is 0.352 e. The van der Waals surface area contributed by atoms with Crippen molar-refractivity contribution in [1.29, 1.82) is 0 Å². The van der Waals surface area contributed by atoms with Gasteiger partial charge in [0.25, 0.3) is 0 Å². The Hall–Kier alpha value is -1.42. The number of carbonyl (C=O) groups is 1. The minimum Gasteiger partial charge on any atom is -0.352 e. The monoisotopic (exact) mass is 264 g/mol. The van der Waals surface area contributed by atoms with Gasteiger partial charge in [0.05, 0.1) is 0 Å². The topological polar surface area (TPSA) is 32.3 Å². The molecule has 4 heteroatoms. The summed E-state index contributed by atoms with van der Waals surface area (Å²) >= 11 is 0. The van der Waals surface area contributed by atoms with Crippen molar-refractivity contribution in [3.8, 4) is 0 Å². The zero-order valence-corrected chi connectivity index (χ0v) is 11.4. The van der Waals surface area contributed by atoms with Crippen LogP contribution >= 0.6 is 0 Å². The number of hydrogen-bond acceptors (Lipinski definition) is 2. The maximum atomic E-state index is 12.7. The van der Waals surface area contributed by atoms with Gasteiger partial charge >= 0.3 is 0 Å². The maximum absolute atomic E-state index is 12.7. The van der Waals surface area contributed by atoms with Gasteiger partial charge in [0.15, 0.2) is 0 Å². The van der Waals surface area contributed by atoms with Crippen LogP contribution in [0.25, 0.3) is 0 Å². The first-order valence-corrected chi connectivity index (χ1v) is 6.83. The van der Waals surface area contributed by atoms with Crippen molar-refractivity contribution in [2.24, 2.45) is 5.92 Å². The standard InChI is InChI=1S/C15H21FN2O/c1-18-8-2-3-13(11-18)9-15(19)17-10-12-4-6-14(16)7-5-12/h4-7,13H,2-3,8-11H2,1H3,(H,17,19). The van der Waals surface area contributed by atoms with Gasteiger partial charge < -0.3 is 10.2 Å². The Morgan fingerprint density at radius 3 is 2.84 bits per heavy atom. The smallest absolute Gasteiger partial charge is 0.220 e. The average molecular weight is 264 g/mol. The fourth-order valence-corrected chi connectivity index (χ4v) is 2.58. The SMILES string of the molecule is CN1CCCC(CC(=O)NCc2ccc(F)cc2)C1. The maximum Gasteiger partial charge on any atom is 0.220 e. The van der Waals surface area contributed by atoms with Crippen molar-refractivity contribution >= 4 is 5.91 Å². The molecule has 1 atom stereocenters. The van der Waals surface area contributed by atoms with Crippen LogP contribution in [0.15, 0.2) is 24.3 Å². The number of likely N-dealkylation sites (tertiary alicyclic amines) is 1. The van der Waals surface area contributed by atoms with E-state index in [0.717, 1.165) is 25.1 Å². The molecule has 1 saturated heterocycles. The molecule has 1 aliphatic rings. The highest BCUT2D eigenvalue weighted by Crippen LogP contribution is 2.18. The Balaban J connectivity index is 1.73. The molecule has 0 saturated carbocycles. The van der Waals surface area contributed by atoms with E-state index in [4.69, 9.17) is 0 Å². The van der Waals surface area contributed by atoms with E-state index >= 15 is 0 Å². The van der Waals surface area contributed by atoms with E-state index in [2.05, 4.69) is 17.3 Å². The van der Waals surface area contributed by atoms with E-state index in [1.54, 1.807) is 12.1 Å². The van der Waals surface area contributed by atoms with Crippen LogP contribution in [-0.4, -0.2) is 30.9 Å². The highest BCUT2D eigenvalue weighted by Gasteiger charge is 2.19. The Kier molecular flexibility index (Phi) is 4.91. The number of amides is 1. The van der Waals surface area contributed by atoms with Gasteiger partial charge in [-0.2, -0.15) is 0 Å². The minimum atomic E-state index is -0.250. The molecule has 1 heterocycles. The number of hydrogen-bond donors (Lipinski definition) is 1. The molecule has 1 fully saturated rings. The molecule has 0 aliphatic carbocycles. The highest BCUT2D eigenvalue weighted by molar-refractivity contribution is 5.76. The first-order valence-electron chi connectivity index (χ1n) is 6.83. The summed E-state index contributed by atoms with van der Waals surface area (Å²) in [5, 5.41) is 2.90. The summed E-state index contributed by atoms with van der Waals surface area (Å²) in [7, 11) is 2.10. The second-order valence-corrected chi connectivity index (χ2v) is 5.38. The summed E-state index contributed by atoms with van der Waals surface area (Å²) in [6.45, 7) is 2.61. The molecule has 2 rings (SSSR count). The molecule has 3 nitrogen and oxygen atoms in total. The summed E-state index contributed by atoms with van der Waals surface area (Å²) in [6, 6.07) is 6.23. The predicted molar refractivity (Wildman–Crippen MR) is 73.1 cm³/mol. The molecule has 1 aromatic carbocycles. The van der Waals surface area contributed by atoms with Crippen molar-refractivity contribution in [3.63, 3.8) is 0 Å². The van der Waals surface area contributed by atoms with Crippen molar-refractivity contribution in [3.05, 3.63) is 35.6 Å². The number of halogens is 1. The number of nitrogens with one attached hydrogen (secondary N) is 1. The summed E-state index contributed by atoms with van der Waals surface area (Å²) in [5.41, 5.74) is 0.926. The van der Waals surface area contributed by atoms with Gasteiger partial charge in [-0.1, -0.05) is 12.1 Å². The van der Waals surface area contributed by atoms with Gasteiger partial charge in [0.1, 0.15) is 5.82 Å². The Morgan fingerprint density at radius 1 is 1.42 bits per heavy atom. The van der Waals surface area contributed by atoms with Crippen molar-refractivity contribution < 1.29 is 9.18 Å². The van der Waals surface area contributed by atoms with Crippen LogP contribution in [0.4, 0.5) is 4.39 Å². The van der Waals surface area contributed by atoms with Gasteiger partial charge in [-0.15, -0.1) is 0 Å². The van der Waals surface area contributed by atoms with Crippen LogP contribution in [0, 0.1) is 11.7 Å². The molecule has 1 aromatic rings. The molecular formula is C15H21FN2O. The third-order valence-corrected chi connectivity index (χ3v) is 3.60. The van der Waals surface area contributed by atoms with E-state index in [1.807, 2.05) is 0 Å². The summed E-state index contributed by atoms with van der Waals surface area (Å²) in [4.78, 5) is 14.1. The van der Waals surface area contributed by atoms with E-state index in [1.165, 1.54) is 18.6 Å². The van der Waals surface area contributed by atoms with E-state index in [0.29, 0.717) is 18.9 Å². The average Bonchev–Trinajstić information content (AvgIpc) is 2.38. The molecular weight excluding hydrogens is 243 g/mol. The Labute approximate surface area is 113 Å². The highest BCUT2D eigenvalue weighted by atomic mass is 19.1. The zero-order chi connectivity index (χ0) is 13.7. The van der Waals surface area contributed by atoms with Crippen LogP contribution < -0.4 is 5.32 Å². The molecule has 1 aliphatic heterocycles. The molecule has 0 radical (unpaired) electrons. The molecule has 1 N–H and O–H groups in total. The predicted octanol–water partition coefficient (Wildman–Crippen LogP) is 2.17. The minimum absolute atomic E-state index is 0.0876. The number of piperidine rings is 1. The van der Waals surface area contributed by atoms with Crippen LogP contribution in [-0.2, 0) is 11.3 Å². The zero-order valence-electron chi connectivity index (χ0n) is 11.4. The number of benzene rings is 1. The molecule has 104 valence electrons. The summed E-state index contributed by atoms with van der Waals surface area (Å²) in [6.07, 6.45) is 2.90. The van der Waals surface area contributed by atoms with Gasteiger partial charge in [0, 0.05) is 19.5 Å². The lowest BCUT2D eigenvalue weighted by Gasteiger charge is -2.29. The van der Waals surface area contributed by atoms with E-state index in [9.17, 15) is 9.18 Å². The van der Waals surface area contributed by atoms with Gasteiger partial charge in [-0.05, 0) is 50.0 Å². The fraction of sp³-hybridized carbons (Fsp3) is 0.533. The normalized spacial score (nSPS) is 20.2. The van der Waals surface area contributed by atoms with Gasteiger partial charge in [-0.3, -0.25) is 4.79 Å². The van der Waals surface area contributed by atoms with Gasteiger partial charge in [-0.25, -0.2) is 4.39 Å². The lowest BCUT2D eigenvalue weighted by molar-refractivity contribution is -0.122. The first-order chi connectivity index (χ1) is 9.13. The Bertz CT molecular complexity index is 419. The second kappa shape index (κ2) is 6.66. The molecule has 1 amide bonds. The van der Waals surface area contributed by atoms with Crippen molar-refractivity contribution in [2.75, 3.05) is 20.1 Å². The van der Waals surface area contributed by atoms with Gasteiger partial charge in [0.2, 0.25) is 5.91 Å². The quantitative estimate of drug-likeness (QED) is 0.904. The van der Waals surface area contributed by atoms with Crippen LogP contribution in [0.5, 0.6) is 0 Å². The molecule has 0 aromatic heterocycles. The lowest BCUT2D eigenvalue weighted by atomic mass is 9.95. The van der Waals surface area contributed by atoms with Crippen molar-refractivity contribution in [2.45, 2.75) is 25.8 Å². The fourth-order valence-electron chi connectivity index (χ4n) is 2.58. The summed E-state index contributed by atoms with van der Waals surface area (Å²) in [5.74, 6) is 0.303. The molecule has 19 heavy (non-hydrogen) atoms. The second-order valence-electron chi connectivity index (χ2n) is 5.38. The lowest BCUT2D eigenvalue weighted by Crippen LogP contribution is -2.35. The van der Waals surface area contributed by atoms with Crippen molar-refractivity contribution in [1.82, 2.24) is 10.2 Å². The first kappa shape index (κ1) is 14.0. The third kappa shape index (κ3) is 4.63.